The van der Waals surface area contributed by atoms with E-state index < -0.39 is 0 Å². The molecule has 0 spiro atoms. The van der Waals surface area contributed by atoms with E-state index in [1.807, 2.05) is 0 Å². The summed E-state index contributed by atoms with van der Waals surface area (Å²) in [5, 5.41) is 0. The number of hydrogen-bond donors (Lipinski definition) is 0. The first-order valence-corrected chi connectivity index (χ1v) is 8.36. The van der Waals surface area contributed by atoms with Gasteiger partial charge < -0.3 is 9.62 Å². The molecule has 0 aromatic carbocycles. The largest absolute Gasteiger partial charge is 0.342 e. The normalized spacial score (nSPS) is 17.9. The molecule has 1 fully saturated rings. The Bertz CT molecular complexity index is 274. The van der Waals surface area contributed by atoms with Crippen LogP contribution in [0.25, 0.3) is 0 Å². The van der Waals surface area contributed by atoms with Gasteiger partial charge in [-0.25, -0.2) is 0 Å². The van der Waals surface area contributed by atoms with Crippen molar-refractivity contribution in [2.75, 3.05) is 26.2 Å². The number of rotatable bonds is 6. The fourth-order valence-electron chi connectivity index (χ4n) is 3.64. The van der Waals surface area contributed by atoms with Gasteiger partial charge in [0.25, 0.3) is 0 Å². The molecule has 0 radical (unpaired) electrons. The second-order valence-corrected chi connectivity index (χ2v) is 6.07. The topological polar surface area (TPSA) is 6.48 Å². The Balaban J connectivity index is 2.77. The molecule has 112 valence electrons. The zero-order valence-electron chi connectivity index (χ0n) is 14.1. The van der Waals surface area contributed by atoms with Gasteiger partial charge in [-0.3, -0.25) is 0 Å². The Hall–Kier alpha value is -0.470. The summed E-state index contributed by atoms with van der Waals surface area (Å²) in [6.45, 7) is 23.5. The van der Waals surface area contributed by atoms with Crippen LogP contribution in [0.4, 0.5) is 0 Å². The first-order chi connectivity index (χ1) is 9.55. The Labute approximate surface area is 127 Å². The summed E-state index contributed by atoms with van der Waals surface area (Å²) in [4.78, 5) is 5.13. The summed E-state index contributed by atoms with van der Waals surface area (Å²) in [5.74, 6) is 0. The van der Waals surface area contributed by atoms with Gasteiger partial charge in [0.05, 0.1) is 0 Å². The Morgan fingerprint density at radius 1 is 0.700 bits per heavy atom. The summed E-state index contributed by atoms with van der Waals surface area (Å²) in [5.41, 5.74) is 2.85. The lowest BCUT2D eigenvalue weighted by molar-refractivity contribution is 0.472. The van der Waals surface area contributed by atoms with Gasteiger partial charge in [0.2, 0.25) is 13.7 Å². The molecule has 0 aromatic heterocycles. The lowest BCUT2D eigenvalue weighted by atomic mass is 9.41. The first kappa shape index (κ1) is 17.6. The summed E-state index contributed by atoms with van der Waals surface area (Å²) < 4.78 is 0. The average Bonchev–Trinajstić information content (AvgIpc) is 2.39. The third-order valence-corrected chi connectivity index (χ3v) is 4.75. The van der Waals surface area contributed by atoms with Gasteiger partial charge in [-0.15, -0.1) is 13.2 Å². The Morgan fingerprint density at radius 3 is 1.15 bits per heavy atom. The summed E-state index contributed by atoms with van der Waals surface area (Å²) in [6.07, 6.45) is 4.55. The molecule has 4 heteroatoms. The van der Waals surface area contributed by atoms with Crippen molar-refractivity contribution in [2.45, 2.75) is 53.0 Å². The third-order valence-electron chi connectivity index (χ3n) is 4.75. The van der Waals surface area contributed by atoms with Gasteiger partial charge >= 0.3 is 0 Å². The smallest absolute Gasteiger partial charge is 0.231 e. The maximum atomic E-state index is 4.36. The summed E-state index contributed by atoms with van der Waals surface area (Å²) in [7, 11) is 0. The van der Waals surface area contributed by atoms with Crippen molar-refractivity contribution in [1.82, 2.24) is 9.62 Å². The number of allylic oxidation sites excluding steroid dienone is 2. The Kier molecular flexibility index (Phi) is 7.68. The summed E-state index contributed by atoms with van der Waals surface area (Å²) in [6, 6.07) is 0. The molecule has 1 heterocycles. The van der Waals surface area contributed by atoms with Crippen molar-refractivity contribution in [3.63, 3.8) is 0 Å². The van der Waals surface area contributed by atoms with E-state index in [9.17, 15) is 0 Å². The molecule has 1 aliphatic heterocycles. The molecule has 1 aliphatic rings. The average molecular weight is 274 g/mol. The molecule has 0 bridgehead atoms. The molecular formula is C16H32B2N2. The molecule has 0 unspecified atom stereocenters. The molecule has 1 saturated heterocycles. The molecule has 2 nitrogen and oxygen atoms in total. The van der Waals surface area contributed by atoms with Crippen LogP contribution in [-0.4, -0.2) is 49.5 Å². The maximum absolute atomic E-state index is 4.36. The van der Waals surface area contributed by atoms with Crippen LogP contribution in [0.5, 0.6) is 0 Å². The highest BCUT2D eigenvalue weighted by molar-refractivity contribution is 6.61. The van der Waals surface area contributed by atoms with E-state index in [4.69, 9.17) is 0 Å². The van der Waals surface area contributed by atoms with Crippen molar-refractivity contribution in [3.05, 3.63) is 24.3 Å². The van der Waals surface area contributed by atoms with Crippen LogP contribution < -0.4 is 0 Å². The van der Waals surface area contributed by atoms with E-state index in [2.05, 4.69) is 50.5 Å². The van der Waals surface area contributed by atoms with E-state index in [1.54, 1.807) is 0 Å². The predicted molar refractivity (Wildman–Crippen MR) is 94.9 cm³/mol. The van der Waals surface area contributed by atoms with Gasteiger partial charge in [0.15, 0.2) is 0 Å². The summed E-state index contributed by atoms with van der Waals surface area (Å²) >= 11 is 0. The van der Waals surface area contributed by atoms with Gasteiger partial charge in [0, 0.05) is 0 Å². The first-order valence-electron chi connectivity index (χ1n) is 8.36. The SMILES string of the molecule is C=C1CB(N(CC)CC)CC(=C)CB(N(CC)CC)C1. The second kappa shape index (κ2) is 8.74. The highest BCUT2D eigenvalue weighted by Gasteiger charge is 2.30. The lowest BCUT2D eigenvalue weighted by Crippen LogP contribution is -2.44. The number of nitrogens with zero attached hydrogens (tertiary/aromatic N) is 2. The van der Waals surface area contributed by atoms with Crippen LogP contribution in [0.15, 0.2) is 24.3 Å². The quantitative estimate of drug-likeness (QED) is 0.537. The molecule has 20 heavy (non-hydrogen) atoms. The fraction of sp³-hybridized carbons (Fsp3) is 0.750. The van der Waals surface area contributed by atoms with E-state index in [1.165, 1.54) is 11.1 Å². The highest BCUT2D eigenvalue weighted by atomic mass is 15.1. The lowest BCUT2D eigenvalue weighted by Gasteiger charge is -2.34. The Morgan fingerprint density at radius 2 is 0.950 bits per heavy atom. The van der Waals surface area contributed by atoms with Crippen LogP contribution in [0.1, 0.15) is 27.7 Å². The molecule has 0 N–H and O–H groups in total. The van der Waals surface area contributed by atoms with Crippen molar-refractivity contribution < 1.29 is 0 Å². The van der Waals surface area contributed by atoms with E-state index >= 15 is 0 Å². The van der Waals surface area contributed by atoms with Gasteiger partial charge in [-0.2, -0.15) is 0 Å². The van der Waals surface area contributed by atoms with Crippen LogP contribution in [-0.2, 0) is 0 Å². The van der Waals surface area contributed by atoms with Gasteiger partial charge in [-0.05, 0) is 51.5 Å². The third kappa shape index (κ3) is 4.82. The minimum Gasteiger partial charge on any atom is -0.342 e. The zero-order valence-corrected chi connectivity index (χ0v) is 14.1. The number of hydrogen-bond acceptors (Lipinski definition) is 2. The van der Waals surface area contributed by atoms with Crippen molar-refractivity contribution in [2.24, 2.45) is 0 Å². The van der Waals surface area contributed by atoms with Gasteiger partial charge in [-0.1, -0.05) is 38.8 Å². The molecule has 0 aliphatic carbocycles. The van der Waals surface area contributed by atoms with E-state index in [-0.39, 0.29) is 0 Å². The minimum atomic E-state index is 0.614. The maximum Gasteiger partial charge on any atom is 0.231 e. The predicted octanol–water partition coefficient (Wildman–Crippen LogP) is 3.78. The molecule has 1 rings (SSSR count). The van der Waals surface area contributed by atoms with Crippen molar-refractivity contribution in [1.29, 1.82) is 0 Å². The molecular weight excluding hydrogens is 242 g/mol. The van der Waals surface area contributed by atoms with E-state index in [0.717, 1.165) is 51.5 Å². The van der Waals surface area contributed by atoms with Crippen LogP contribution in [0, 0.1) is 0 Å². The second-order valence-electron chi connectivity index (χ2n) is 6.07. The van der Waals surface area contributed by atoms with Crippen LogP contribution in [0.3, 0.4) is 0 Å². The highest BCUT2D eigenvalue weighted by Crippen LogP contribution is 2.28. The molecule has 0 saturated carbocycles. The molecule has 0 atom stereocenters. The monoisotopic (exact) mass is 274 g/mol. The zero-order chi connectivity index (χ0) is 15.1. The molecule has 0 aromatic rings. The standard InChI is InChI=1S/C16H32B2N2/c1-7-19(8-2)17-11-15(5)13-18(14-16(6)12-17)20(9-3)10-4/h5-14H2,1-4H3. The van der Waals surface area contributed by atoms with Crippen molar-refractivity contribution >= 4 is 13.7 Å². The fourth-order valence-corrected chi connectivity index (χ4v) is 3.64. The van der Waals surface area contributed by atoms with Crippen LogP contribution in [0.2, 0.25) is 25.3 Å². The molecule has 0 amide bonds. The minimum absolute atomic E-state index is 0.614. The van der Waals surface area contributed by atoms with E-state index in [0.29, 0.717) is 13.7 Å². The van der Waals surface area contributed by atoms with Crippen LogP contribution >= 0.6 is 0 Å². The van der Waals surface area contributed by atoms with Crippen molar-refractivity contribution in [3.8, 4) is 0 Å². The van der Waals surface area contributed by atoms with Gasteiger partial charge in [0.1, 0.15) is 0 Å².